The number of benzene rings is 2. The van der Waals surface area contributed by atoms with Gasteiger partial charge in [-0.3, -0.25) is 5.32 Å². The summed E-state index contributed by atoms with van der Waals surface area (Å²) < 4.78 is 23.1. The number of rotatable bonds is 7. The predicted octanol–water partition coefficient (Wildman–Crippen LogP) is 5.94. The van der Waals surface area contributed by atoms with Gasteiger partial charge >= 0.3 is 6.03 Å². The molecule has 2 aromatic heterocycles. The summed E-state index contributed by atoms with van der Waals surface area (Å²) in [5.41, 5.74) is 0.961. The van der Waals surface area contributed by atoms with E-state index in [-0.39, 0.29) is 36.3 Å². The minimum Gasteiger partial charge on any atom is -0.493 e. The first kappa shape index (κ1) is 30.7. The summed E-state index contributed by atoms with van der Waals surface area (Å²) in [6.45, 7) is 7.69. The Morgan fingerprint density at radius 1 is 1.07 bits per heavy atom. The Hall–Kier alpha value is -3.80. The second-order valence-electron chi connectivity index (χ2n) is 9.97. The first-order valence-corrected chi connectivity index (χ1v) is 12.3. The van der Waals surface area contributed by atoms with Crippen molar-refractivity contribution in [1.29, 1.82) is 0 Å². The molecule has 3 heterocycles. The van der Waals surface area contributed by atoms with Crippen molar-refractivity contribution in [3.63, 3.8) is 0 Å². The van der Waals surface area contributed by atoms with Gasteiger partial charge in [0.05, 0.1) is 18.0 Å². The van der Waals surface area contributed by atoms with E-state index >= 15 is 0 Å². The molecule has 0 bridgehead atoms. The Morgan fingerprint density at radius 3 is 2.60 bits per heavy atom. The Labute approximate surface area is 244 Å². The second kappa shape index (κ2) is 13.0. The highest BCUT2D eigenvalue weighted by molar-refractivity contribution is 5.99. The monoisotopic (exact) mass is 590 g/mol. The van der Waals surface area contributed by atoms with Crippen LogP contribution in [0.15, 0.2) is 53.3 Å². The zero-order valence-corrected chi connectivity index (χ0v) is 24.1. The van der Waals surface area contributed by atoms with Crippen molar-refractivity contribution in [1.82, 2.24) is 20.4 Å². The highest BCUT2D eigenvalue weighted by Gasteiger charge is 2.21. The fraction of sp³-hybridized carbons (Fsp3) is 0.333. The molecule has 1 saturated heterocycles. The molecule has 40 heavy (non-hydrogen) atoms. The van der Waals surface area contributed by atoms with Crippen LogP contribution in [0.5, 0.6) is 23.1 Å². The van der Waals surface area contributed by atoms with Crippen LogP contribution in [-0.4, -0.2) is 47.5 Å². The Kier molecular flexibility index (Phi) is 10.0. The van der Waals surface area contributed by atoms with Gasteiger partial charge in [0.1, 0.15) is 23.9 Å². The lowest BCUT2D eigenvalue weighted by atomic mass is 9.93. The molecule has 13 heteroatoms. The van der Waals surface area contributed by atoms with Crippen LogP contribution >= 0.6 is 24.8 Å². The molecule has 11 nitrogen and oxygen atoms in total. The summed E-state index contributed by atoms with van der Waals surface area (Å²) in [7, 11) is 1.60. The minimum absolute atomic E-state index is 0. The number of hydrogen-bond acceptors (Lipinski definition) is 9. The molecule has 214 valence electrons. The Morgan fingerprint density at radius 2 is 1.90 bits per heavy atom. The average molecular weight is 591 g/mol. The van der Waals surface area contributed by atoms with Gasteiger partial charge in [0.2, 0.25) is 5.88 Å². The van der Waals surface area contributed by atoms with E-state index in [4.69, 9.17) is 18.7 Å². The lowest BCUT2D eigenvalue weighted by Gasteiger charge is -2.17. The van der Waals surface area contributed by atoms with Gasteiger partial charge in [-0.15, -0.1) is 24.8 Å². The summed E-state index contributed by atoms with van der Waals surface area (Å²) in [5.74, 6) is 3.03. The fourth-order valence-electron chi connectivity index (χ4n) is 4.00. The molecule has 0 aliphatic carbocycles. The maximum absolute atomic E-state index is 12.5. The van der Waals surface area contributed by atoms with Crippen LogP contribution < -0.4 is 30.2 Å². The SMILES string of the molecule is COc1cc2ncnc(Oc3cccc(NC(=O)Nc4cc(C(C)(C)C)on4)c3)c2cc1OC1CCNC1.Cl.Cl. The molecular weight excluding hydrogens is 559 g/mol. The van der Waals surface area contributed by atoms with Crippen molar-refractivity contribution in [2.75, 3.05) is 30.8 Å². The van der Waals surface area contributed by atoms with Gasteiger partial charge in [0, 0.05) is 35.8 Å². The van der Waals surface area contributed by atoms with Crippen molar-refractivity contribution < 1.29 is 23.5 Å². The van der Waals surface area contributed by atoms with E-state index < -0.39 is 6.03 Å². The van der Waals surface area contributed by atoms with Gasteiger partial charge in [-0.1, -0.05) is 32.0 Å². The zero-order chi connectivity index (χ0) is 26.7. The number of anilines is 2. The number of nitrogens with zero attached hydrogens (tertiary/aromatic N) is 3. The molecular formula is C27H32Cl2N6O5. The lowest BCUT2D eigenvalue weighted by Crippen LogP contribution is -2.19. The van der Waals surface area contributed by atoms with E-state index in [9.17, 15) is 4.79 Å². The van der Waals surface area contributed by atoms with Gasteiger partial charge < -0.3 is 29.4 Å². The number of urea groups is 1. The number of methoxy groups -OCH3 is 1. The fourth-order valence-corrected chi connectivity index (χ4v) is 4.00. The van der Waals surface area contributed by atoms with Crippen LogP contribution in [0, 0.1) is 0 Å². The van der Waals surface area contributed by atoms with E-state index in [0.29, 0.717) is 51.3 Å². The van der Waals surface area contributed by atoms with Crippen molar-refractivity contribution >= 4 is 53.3 Å². The molecule has 0 radical (unpaired) electrons. The van der Waals surface area contributed by atoms with Crippen molar-refractivity contribution in [3.05, 3.63) is 54.6 Å². The number of amides is 2. The number of ether oxygens (including phenoxy) is 3. The third-order valence-electron chi connectivity index (χ3n) is 5.99. The number of aromatic nitrogens is 3. The molecule has 1 aliphatic heterocycles. The number of nitrogens with one attached hydrogen (secondary N) is 3. The number of hydrogen-bond donors (Lipinski definition) is 3. The summed E-state index contributed by atoms with van der Waals surface area (Å²) in [4.78, 5) is 21.2. The molecule has 1 unspecified atom stereocenters. The zero-order valence-electron chi connectivity index (χ0n) is 22.5. The van der Waals surface area contributed by atoms with Gasteiger partial charge in [-0.2, -0.15) is 0 Å². The normalized spacial score (nSPS) is 14.6. The molecule has 1 aliphatic rings. The number of halogens is 2. The van der Waals surface area contributed by atoms with Crippen molar-refractivity contribution in [3.8, 4) is 23.1 Å². The van der Waals surface area contributed by atoms with Crippen LogP contribution in [0.4, 0.5) is 16.3 Å². The standard InChI is InChI=1S/C27H30N6O5.2ClH/c1-27(2,3)23-13-24(33-38-23)32-26(34)31-16-6-5-7-17(10-16)37-25-19-11-22(36-18-8-9-28-14-18)21(35-4)12-20(19)29-15-30-25;;/h5-7,10-13,15,18,28H,8-9,14H2,1-4H3,(H2,31,32,33,34);2*1H. The van der Waals surface area contributed by atoms with Crippen LogP contribution in [0.3, 0.4) is 0 Å². The predicted molar refractivity (Wildman–Crippen MR) is 157 cm³/mol. The topological polar surface area (TPSA) is 133 Å². The van der Waals surface area contributed by atoms with Crippen LogP contribution in [0.25, 0.3) is 10.9 Å². The maximum Gasteiger partial charge on any atom is 0.324 e. The molecule has 2 amide bonds. The maximum atomic E-state index is 12.5. The Balaban J connectivity index is 0.00000220. The quantitative estimate of drug-likeness (QED) is 0.239. The van der Waals surface area contributed by atoms with Gasteiger partial charge in [0.25, 0.3) is 0 Å². The molecule has 0 saturated carbocycles. The van der Waals surface area contributed by atoms with Crippen LogP contribution in [-0.2, 0) is 5.41 Å². The highest BCUT2D eigenvalue weighted by atomic mass is 35.5. The highest BCUT2D eigenvalue weighted by Crippen LogP contribution is 2.37. The van der Waals surface area contributed by atoms with Crippen LogP contribution in [0.1, 0.15) is 33.0 Å². The minimum atomic E-state index is -0.460. The average Bonchev–Trinajstić information content (AvgIpc) is 3.56. The molecule has 4 aromatic rings. The van der Waals surface area contributed by atoms with E-state index in [0.717, 1.165) is 19.5 Å². The molecule has 2 aromatic carbocycles. The van der Waals surface area contributed by atoms with E-state index in [1.165, 1.54) is 6.33 Å². The smallest absolute Gasteiger partial charge is 0.324 e. The van der Waals surface area contributed by atoms with Gasteiger partial charge in [-0.25, -0.2) is 14.8 Å². The first-order valence-electron chi connectivity index (χ1n) is 12.3. The van der Waals surface area contributed by atoms with Crippen molar-refractivity contribution in [2.24, 2.45) is 0 Å². The number of fused-ring (bicyclic) bond motifs is 1. The molecule has 1 atom stereocenters. The summed E-state index contributed by atoms with van der Waals surface area (Å²) in [6, 6.07) is 11.9. The number of carbonyl (C=O) groups is 1. The van der Waals surface area contributed by atoms with E-state index in [2.05, 4.69) is 31.1 Å². The largest absolute Gasteiger partial charge is 0.493 e. The third-order valence-corrected chi connectivity index (χ3v) is 5.99. The second-order valence-corrected chi connectivity index (χ2v) is 9.97. The van der Waals surface area contributed by atoms with Gasteiger partial charge in [0.15, 0.2) is 17.3 Å². The summed E-state index contributed by atoms with van der Waals surface area (Å²) in [6.07, 6.45) is 2.40. The molecule has 0 spiro atoms. The summed E-state index contributed by atoms with van der Waals surface area (Å²) in [5, 5.41) is 13.3. The number of carbonyl (C=O) groups excluding carboxylic acids is 1. The third kappa shape index (κ3) is 7.23. The molecule has 5 rings (SSSR count). The molecule has 3 N–H and O–H groups in total. The van der Waals surface area contributed by atoms with E-state index in [1.807, 2.05) is 26.8 Å². The molecule has 1 fully saturated rings. The lowest BCUT2D eigenvalue weighted by molar-refractivity contribution is 0.213. The van der Waals surface area contributed by atoms with Crippen molar-refractivity contribution in [2.45, 2.75) is 38.7 Å². The van der Waals surface area contributed by atoms with Gasteiger partial charge in [-0.05, 0) is 31.2 Å². The summed E-state index contributed by atoms with van der Waals surface area (Å²) >= 11 is 0. The first-order chi connectivity index (χ1) is 18.3. The van der Waals surface area contributed by atoms with Crippen LogP contribution in [0.2, 0.25) is 0 Å². The van der Waals surface area contributed by atoms with E-state index in [1.54, 1.807) is 43.5 Å². The Bertz CT molecular complexity index is 1450.